The first-order chi connectivity index (χ1) is 8.58. The van der Waals surface area contributed by atoms with Crippen molar-refractivity contribution in [3.63, 3.8) is 0 Å². The molecule has 0 saturated heterocycles. The average Bonchev–Trinajstić information content (AvgIpc) is 2.40. The third-order valence-corrected chi connectivity index (χ3v) is 5.19. The Labute approximate surface area is 126 Å². The summed E-state index contributed by atoms with van der Waals surface area (Å²) in [6, 6.07) is 0. The summed E-state index contributed by atoms with van der Waals surface area (Å²) in [6.45, 7) is 0. The van der Waals surface area contributed by atoms with Crippen molar-refractivity contribution < 1.29 is 9.59 Å². The summed E-state index contributed by atoms with van der Waals surface area (Å²) in [5.41, 5.74) is 1.53. The van der Waals surface area contributed by atoms with Crippen LogP contribution in [0.5, 0.6) is 0 Å². The summed E-state index contributed by atoms with van der Waals surface area (Å²) in [4.78, 5) is 22.0. The van der Waals surface area contributed by atoms with Gasteiger partial charge in [0.05, 0.1) is 17.6 Å². The van der Waals surface area contributed by atoms with Crippen LogP contribution in [0.1, 0.15) is 19.3 Å². The fourth-order valence-corrected chi connectivity index (χ4v) is 2.13. The lowest BCUT2D eigenvalue weighted by Gasteiger charge is -2.14. The Bertz CT molecular complexity index is 435. The summed E-state index contributed by atoms with van der Waals surface area (Å²) >= 11 is 8.11. The number of hydrogen-bond acceptors (Lipinski definition) is 4. The lowest BCUT2D eigenvalue weighted by Crippen LogP contribution is -2.08. The summed E-state index contributed by atoms with van der Waals surface area (Å²) < 4.78 is 1.75. The van der Waals surface area contributed by atoms with E-state index < -0.39 is 0 Å². The predicted molar refractivity (Wildman–Crippen MR) is 84.5 cm³/mol. The van der Waals surface area contributed by atoms with E-state index in [1.807, 2.05) is 13.1 Å². The number of carbonyl (C=O) groups is 2. The molecule has 0 N–H and O–H groups in total. The molecule has 0 aliphatic heterocycles. The maximum absolute atomic E-state index is 11.2. The van der Waals surface area contributed by atoms with E-state index in [0.29, 0.717) is 37.5 Å². The second-order valence-electron chi connectivity index (χ2n) is 3.70. The number of rotatable bonds is 5. The van der Waals surface area contributed by atoms with Gasteiger partial charge in [0.1, 0.15) is 5.78 Å². The van der Waals surface area contributed by atoms with Gasteiger partial charge in [-0.1, -0.05) is 17.7 Å². The van der Waals surface area contributed by atoms with Crippen LogP contribution >= 0.6 is 40.0 Å². The first-order valence-corrected chi connectivity index (χ1v) is 9.72. The van der Waals surface area contributed by atoms with Crippen molar-refractivity contribution >= 4 is 58.3 Å². The minimum absolute atomic E-state index is 0.129. The summed E-state index contributed by atoms with van der Waals surface area (Å²) in [5, 5.41) is 4.32. The Morgan fingerprint density at radius 1 is 1.61 bits per heavy atom. The van der Waals surface area contributed by atoms with E-state index in [0.717, 1.165) is 5.57 Å². The zero-order valence-electron chi connectivity index (χ0n) is 9.82. The molecular weight excluding hydrogens is 385 g/mol. The second kappa shape index (κ2) is 8.02. The number of Topliss-reactive ketones (excluding diaryl/α,β-unsaturated/α-hetero) is 1. The zero-order valence-corrected chi connectivity index (χ0v) is 13.7. The molecular formula is C11H13ClIN2O2P. The number of aldehydes is 1. The van der Waals surface area contributed by atoms with Crippen LogP contribution in [-0.4, -0.2) is 30.1 Å². The minimum Gasteiger partial charge on any atom is -0.299 e. The first-order valence-electron chi connectivity index (χ1n) is 5.28. The molecule has 1 aliphatic rings. The largest absolute Gasteiger partial charge is 0.299 e. The molecule has 1 rings (SSSR count). The van der Waals surface area contributed by atoms with Gasteiger partial charge < -0.3 is 0 Å². The zero-order chi connectivity index (χ0) is 13.5. The summed E-state index contributed by atoms with van der Waals surface area (Å²) in [6.07, 6.45) is 6.03. The SMILES string of the molecule is CN(/N=C\C(C1=CCC(=O)CC1)=C(\Cl)C=O)PI. The molecule has 1 unspecified atom stereocenters. The van der Waals surface area contributed by atoms with Gasteiger partial charge in [-0.3, -0.25) is 14.4 Å². The van der Waals surface area contributed by atoms with Gasteiger partial charge in [0.25, 0.3) is 0 Å². The van der Waals surface area contributed by atoms with E-state index in [-0.39, 0.29) is 10.8 Å². The molecule has 4 nitrogen and oxygen atoms in total. The Morgan fingerprint density at radius 3 is 2.83 bits per heavy atom. The molecule has 1 aliphatic carbocycles. The molecule has 0 aromatic carbocycles. The molecule has 0 saturated carbocycles. The van der Waals surface area contributed by atoms with Crippen LogP contribution in [0.4, 0.5) is 0 Å². The molecule has 0 spiro atoms. The van der Waals surface area contributed by atoms with Crippen LogP contribution in [0, 0.1) is 0 Å². The monoisotopic (exact) mass is 398 g/mol. The van der Waals surface area contributed by atoms with Gasteiger partial charge in [0.15, 0.2) is 6.29 Å². The lowest BCUT2D eigenvalue weighted by atomic mass is 9.93. The van der Waals surface area contributed by atoms with Gasteiger partial charge in [-0.05, 0) is 34.0 Å². The first kappa shape index (κ1) is 15.8. The number of carbonyl (C=O) groups excluding carboxylic acids is 2. The minimum atomic E-state index is 0.129. The van der Waals surface area contributed by atoms with Crippen LogP contribution in [0.3, 0.4) is 0 Å². The van der Waals surface area contributed by atoms with Crippen LogP contribution < -0.4 is 0 Å². The van der Waals surface area contributed by atoms with E-state index in [1.54, 1.807) is 11.0 Å². The molecule has 0 aromatic heterocycles. The highest BCUT2D eigenvalue weighted by Crippen LogP contribution is 2.27. The average molecular weight is 399 g/mol. The second-order valence-corrected chi connectivity index (χ2v) is 6.38. The fourth-order valence-electron chi connectivity index (χ4n) is 1.49. The van der Waals surface area contributed by atoms with Crippen LogP contribution in [0.2, 0.25) is 0 Å². The fraction of sp³-hybridized carbons (Fsp3) is 0.364. The van der Waals surface area contributed by atoms with Gasteiger partial charge in [0.2, 0.25) is 0 Å². The van der Waals surface area contributed by atoms with Crippen molar-refractivity contribution in [3.8, 4) is 0 Å². The molecule has 0 aromatic rings. The predicted octanol–water partition coefficient (Wildman–Crippen LogP) is 3.22. The molecule has 98 valence electrons. The topological polar surface area (TPSA) is 49.7 Å². The van der Waals surface area contributed by atoms with Gasteiger partial charge in [-0.15, -0.1) is 0 Å². The molecule has 7 heteroatoms. The van der Waals surface area contributed by atoms with Crippen molar-refractivity contribution in [1.82, 2.24) is 4.78 Å². The molecule has 0 radical (unpaired) electrons. The smallest absolute Gasteiger partial charge is 0.162 e. The number of halogens is 2. The summed E-state index contributed by atoms with van der Waals surface area (Å²) in [7, 11) is 1.84. The third-order valence-electron chi connectivity index (χ3n) is 2.44. The highest BCUT2D eigenvalue weighted by atomic mass is 127. The summed E-state index contributed by atoms with van der Waals surface area (Å²) in [5.74, 6) is 0.211. The van der Waals surface area contributed by atoms with Crippen LogP contribution in [0.25, 0.3) is 0 Å². The highest BCUT2D eigenvalue weighted by Gasteiger charge is 2.15. The maximum Gasteiger partial charge on any atom is 0.162 e. The Kier molecular flexibility index (Phi) is 7.04. The van der Waals surface area contributed by atoms with Gasteiger partial charge >= 0.3 is 0 Å². The normalized spacial score (nSPS) is 18.2. The molecule has 0 fully saturated rings. The Hall–Kier alpha value is -0.260. The van der Waals surface area contributed by atoms with E-state index in [1.165, 1.54) is 0 Å². The van der Waals surface area contributed by atoms with Crippen LogP contribution in [-0.2, 0) is 9.59 Å². The molecule has 0 amide bonds. The van der Waals surface area contributed by atoms with E-state index >= 15 is 0 Å². The van der Waals surface area contributed by atoms with Crippen LogP contribution in [0.15, 0.2) is 27.4 Å². The lowest BCUT2D eigenvalue weighted by molar-refractivity contribution is -0.118. The molecule has 0 bridgehead atoms. The van der Waals surface area contributed by atoms with E-state index in [9.17, 15) is 9.59 Å². The van der Waals surface area contributed by atoms with Gasteiger partial charge in [-0.2, -0.15) is 5.10 Å². The molecule has 18 heavy (non-hydrogen) atoms. The van der Waals surface area contributed by atoms with Crippen molar-refractivity contribution in [1.29, 1.82) is 0 Å². The molecule has 1 atom stereocenters. The quantitative estimate of drug-likeness (QED) is 0.178. The van der Waals surface area contributed by atoms with Crippen molar-refractivity contribution in [2.24, 2.45) is 5.10 Å². The van der Waals surface area contributed by atoms with Gasteiger partial charge in [0, 0.05) is 25.5 Å². The van der Waals surface area contributed by atoms with Gasteiger partial charge in [-0.25, -0.2) is 0 Å². The highest BCUT2D eigenvalue weighted by molar-refractivity contribution is 14.2. The number of hydrazone groups is 1. The van der Waals surface area contributed by atoms with E-state index in [4.69, 9.17) is 11.6 Å². The number of nitrogens with zero attached hydrogens (tertiary/aromatic N) is 2. The number of allylic oxidation sites excluding steroid dienone is 4. The Balaban J connectivity index is 2.97. The van der Waals surface area contributed by atoms with Crippen molar-refractivity contribution in [2.45, 2.75) is 19.3 Å². The maximum atomic E-state index is 11.2. The standard InChI is InChI=1S/C11H13ClIN2O2P/c1-15(18-13)14-6-10(11(12)7-16)8-2-4-9(17)5-3-8/h2,6-7,18H,3-5H2,1H3/b11-10-,14-6-. The number of ketones is 1. The number of hydrogen-bond donors (Lipinski definition) is 0. The van der Waals surface area contributed by atoms with Crippen molar-refractivity contribution in [3.05, 3.63) is 22.3 Å². The van der Waals surface area contributed by atoms with Crippen molar-refractivity contribution in [2.75, 3.05) is 7.05 Å². The Morgan fingerprint density at radius 2 is 2.33 bits per heavy atom. The molecule has 0 heterocycles. The van der Waals surface area contributed by atoms with E-state index in [2.05, 4.69) is 27.1 Å². The third kappa shape index (κ3) is 4.78.